The smallest absolute Gasteiger partial charge is 0.248 e. The lowest BCUT2D eigenvalue weighted by molar-refractivity contribution is -0.112. The van der Waals surface area contributed by atoms with Crippen LogP contribution >= 0.6 is 0 Å². The normalized spacial score (nSPS) is 12.5. The average molecular weight is 611 g/mol. The van der Waals surface area contributed by atoms with Gasteiger partial charge in [0.15, 0.2) is 5.78 Å². The largest absolute Gasteiger partial charge is 0.346 e. The molecule has 45 heavy (non-hydrogen) atoms. The predicted octanol–water partition coefficient (Wildman–Crippen LogP) is 8.98. The number of hydrogen-bond acceptors (Lipinski definition) is 3. The molecule has 2 aromatic heterocycles. The Kier molecular flexibility index (Phi) is 9.32. The summed E-state index contributed by atoms with van der Waals surface area (Å²) in [5.41, 5.74) is 7.17. The summed E-state index contributed by atoms with van der Waals surface area (Å²) in [6, 6.07) is 10.0. The van der Waals surface area contributed by atoms with Gasteiger partial charge in [0.2, 0.25) is 5.91 Å². The SMILES string of the molecule is CC.CCCC/C=C/C(=O)Nc1c(F)cc(C(=O)c2cn3c4c(cccc24)-c2c(C)cc4c(nc(C)n4C)c2CCC3)cc1F. The number of nitrogens with one attached hydrogen (secondary N) is 1. The van der Waals surface area contributed by atoms with E-state index in [1.165, 1.54) is 11.6 Å². The second-order valence-electron chi connectivity index (χ2n) is 11.4. The molecule has 0 fully saturated rings. The van der Waals surface area contributed by atoms with Crippen molar-refractivity contribution >= 4 is 39.3 Å². The Bertz CT molecular complexity index is 1940. The van der Waals surface area contributed by atoms with Gasteiger partial charge in [0.05, 0.1) is 16.6 Å². The third kappa shape index (κ3) is 5.81. The lowest BCUT2D eigenvalue weighted by atomic mass is 9.89. The molecule has 3 heterocycles. The number of fused-ring (bicyclic) bond motifs is 4. The summed E-state index contributed by atoms with van der Waals surface area (Å²) in [5.74, 6) is -2.15. The van der Waals surface area contributed by atoms with Crippen molar-refractivity contribution in [3.05, 3.63) is 94.5 Å². The van der Waals surface area contributed by atoms with Crippen LogP contribution in [0.2, 0.25) is 0 Å². The number of ketones is 1. The van der Waals surface area contributed by atoms with E-state index in [-0.39, 0.29) is 5.56 Å². The van der Waals surface area contributed by atoms with Crippen molar-refractivity contribution in [3.8, 4) is 11.1 Å². The van der Waals surface area contributed by atoms with Crippen LogP contribution in [0.15, 0.2) is 54.7 Å². The van der Waals surface area contributed by atoms with Crippen LogP contribution in [0.25, 0.3) is 33.1 Å². The van der Waals surface area contributed by atoms with Gasteiger partial charge in [-0.05, 0) is 74.1 Å². The monoisotopic (exact) mass is 610 g/mol. The van der Waals surface area contributed by atoms with E-state index in [4.69, 9.17) is 4.98 Å². The molecule has 6 rings (SSSR count). The van der Waals surface area contributed by atoms with Crippen molar-refractivity contribution in [1.29, 1.82) is 0 Å². The van der Waals surface area contributed by atoms with Crippen molar-refractivity contribution in [1.82, 2.24) is 14.1 Å². The molecule has 0 unspecified atom stereocenters. The minimum atomic E-state index is -1.000. The van der Waals surface area contributed by atoms with E-state index in [1.54, 1.807) is 12.3 Å². The van der Waals surface area contributed by atoms with Crippen LogP contribution in [0.3, 0.4) is 0 Å². The Morgan fingerprint density at radius 3 is 2.53 bits per heavy atom. The van der Waals surface area contributed by atoms with Crippen molar-refractivity contribution in [3.63, 3.8) is 0 Å². The molecular formula is C37H40F2N4O2. The number of anilines is 1. The topological polar surface area (TPSA) is 68.9 Å². The third-order valence-electron chi connectivity index (χ3n) is 8.48. The summed E-state index contributed by atoms with van der Waals surface area (Å²) in [6.45, 7) is 10.8. The zero-order valence-electron chi connectivity index (χ0n) is 26.9. The Morgan fingerprint density at radius 2 is 1.82 bits per heavy atom. The number of halogens is 2. The summed E-state index contributed by atoms with van der Waals surface area (Å²) in [7, 11) is 2.03. The van der Waals surface area contributed by atoms with Gasteiger partial charge in [-0.15, -0.1) is 0 Å². The number of rotatable bonds is 7. The highest BCUT2D eigenvalue weighted by Crippen LogP contribution is 2.41. The molecule has 8 heteroatoms. The first kappa shape index (κ1) is 31.8. The fourth-order valence-corrected chi connectivity index (χ4v) is 6.27. The number of para-hydroxylation sites is 1. The molecule has 1 N–H and O–H groups in total. The molecule has 6 nitrogen and oxygen atoms in total. The molecule has 0 saturated heterocycles. The molecule has 3 aromatic carbocycles. The Balaban J connectivity index is 0.00000196. The van der Waals surface area contributed by atoms with Gasteiger partial charge < -0.3 is 14.5 Å². The number of nitrogens with zero attached hydrogens (tertiary/aromatic N) is 3. The maximum atomic E-state index is 15.1. The second-order valence-corrected chi connectivity index (χ2v) is 11.4. The number of aromatic nitrogens is 3. The number of unbranched alkanes of at least 4 members (excludes halogenated alkanes) is 2. The highest BCUT2D eigenvalue weighted by molar-refractivity contribution is 6.18. The van der Waals surface area contributed by atoms with Gasteiger partial charge in [0.1, 0.15) is 23.1 Å². The summed E-state index contributed by atoms with van der Waals surface area (Å²) in [4.78, 5) is 30.9. The fourth-order valence-electron chi connectivity index (χ4n) is 6.27. The highest BCUT2D eigenvalue weighted by Gasteiger charge is 2.26. The van der Waals surface area contributed by atoms with Gasteiger partial charge >= 0.3 is 0 Å². The molecule has 0 saturated carbocycles. The molecule has 234 valence electrons. The maximum Gasteiger partial charge on any atom is 0.248 e. The molecule has 0 bridgehead atoms. The van der Waals surface area contributed by atoms with Crippen LogP contribution in [0, 0.1) is 25.5 Å². The number of carbonyl (C=O) groups excluding carboxylic acids is 2. The van der Waals surface area contributed by atoms with Gasteiger partial charge in [-0.1, -0.05) is 57.9 Å². The molecule has 0 atom stereocenters. The molecule has 0 spiro atoms. The fraction of sp³-hybridized carbons (Fsp3) is 0.324. The lowest BCUT2D eigenvalue weighted by Crippen LogP contribution is -2.12. The maximum absolute atomic E-state index is 15.1. The van der Waals surface area contributed by atoms with Crippen molar-refractivity contribution in [2.75, 3.05) is 5.32 Å². The van der Waals surface area contributed by atoms with E-state index in [2.05, 4.69) is 33.5 Å². The summed E-state index contributed by atoms with van der Waals surface area (Å²) >= 11 is 0. The standard InChI is InChI=1S/C35H34F2N4O2.C2H6/c1-5-6-7-8-14-30(42)39-33-27(36)17-22(18-28(33)37)35(43)26-19-41-15-10-13-24-31(25-12-9-11-23(26)34(25)41)20(2)16-29-32(24)38-21(3)40(29)4;1-2/h8-9,11-12,14,16-19H,5-7,10,13,15H2,1-4H3,(H,39,42);1-2H3/b14-8+;. The quantitative estimate of drug-likeness (QED) is 0.114. The second kappa shape index (κ2) is 13.2. The minimum absolute atomic E-state index is 0.118. The Morgan fingerprint density at radius 1 is 1.09 bits per heavy atom. The van der Waals surface area contributed by atoms with Crippen LogP contribution in [-0.2, 0) is 24.8 Å². The summed E-state index contributed by atoms with van der Waals surface area (Å²) < 4.78 is 34.4. The molecule has 1 aliphatic heterocycles. The van der Waals surface area contributed by atoms with E-state index >= 15 is 8.78 Å². The average Bonchev–Trinajstić information content (AvgIpc) is 3.53. The number of hydrogen-bond donors (Lipinski definition) is 1. The molecule has 1 aliphatic rings. The number of carbonyl (C=O) groups is 2. The van der Waals surface area contributed by atoms with Gasteiger partial charge in [0, 0.05) is 41.9 Å². The molecular weight excluding hydrogens is 570 g/mol. The number of amides is 1. The first-order chi connectivity index (χ1) is 21.7. The van der Waals surface area contributed by atoms with Crippen LogP contribution < -0.4 is 5.32 Å². The number of allylic oxidation sites excluding steroid dienone is 1. The molecule has 0 aliphatic carbocycles. The Labute approximate surface area is 262 Å². The van der Waals surface area contributed by atoms with E-state index < -0.39 is 29.0 Å². The van der Waals surface area contributed by atoms with Crippen LogP contribution in [0.1, 0.15) is 79.3 Å². The first-order valence-electron chi connectivity index (χ1n) is 15.8. The van der Waals surface area contributed by atoms with Crippen LogP contribution in [0.5, 0.6) is 0 Å². The van der Waals surface area contributed by atoms with E-state index in [0.717, 1.165) is 82.3 Å². The van der Waals surface area contributed by atoms with Gasteiger partial charge in [0.25, 0.3) is 0 Å². The number of benzene rings is 3. The minimum Gasteiger partial charge on any atom is -0.346 e. The van der Waals surface area contributed by atoms with E-state index in [0.29, 0.717) is 18.5 Å². The molecule has 5 aromatic rings. The van der Waals surface area contributed by atoms with Crippen molar-refractivity contribution < 1.29 is 18.4 Å². The van der Waals surface area contributed by atoms with Crippen LogP contribution in [-0.4, -0.2) is 25.8 Å². The zero-order valence-corrected chi connectivity index (χ0v) is 26.9. The molecule has 0 radical (unpaired) electrons. The van der Waals surface area contributed by atoms with Crippen molar-refractivity contribution in [2.45, 2.75) is 73.3 Å². The number of aryl methyl sites for hydroxylation is 5. The lowest BCUT2D eigenvalue weighted by Gasteiger charge is -2.20. The van der Waals surface area contributed by atoms with Crippen molar-refractivity contribution in [2.24, 2.45) is 7.05 Å². The van der Waals surface area contributed by atoms with Gasteiger partial charge in [-0.3, -0.25) is 9.59 Å². The first-order valence-corrected chi connectivity index (χ1v) is 15.8. The number of imidazole rings is 1. The Hall–Kier alpha value is -4.59. The van der Waals surface area contributed by atoms with Gasteiger partial charge in [-0.2, -0.15) is 0 Å². The van der Waals surface area contributed by atoms with E-state index in [9.17, 15) is 9.59 Å². The summed E-state index contributed by atoms with van der Waals surface area (Å²) in [6.07, 6.45) is 9.02. The van der Waals surface area contributed by atoms with Crippen LogP contribution in [0.4, 0.5) is 14.5 Å². The highest BCUT2D eigenvalue weighted by atomic mass is 19.1. The molecule has 1 amide bonds. The van der Waals surface area contributed by atoms with Gasteiger partial charge in [-0.25, -0.2) is 13.8 Å². The van der Waals surface area contributed by atoms with E-state index in [1.807, 2.05) is 46.9 Å². The third-order valence-corrected chi connectivity index (χ3v) is 8.48. The summed E-state index contributed by atoms with van der Waals surface area (Å²) in [5, 5.41) is 2.99. The zero-order chi connectivity index (χ0) is 32.4. The predicted molar refractivity (Wildman–Crippen MR) is 178 cm³/mol.